The van der Waals surface area contributed by atoms with Gasteiger partial charge in [-0.15, -0.1) is 0 Å². The Morgan fingerprint density at radius 2 is 2.03 bits per heavy atom. The van der Waals surface area contributed by atoms with Crippen molar-refractivity contribution in [2.24, 2.45) is 11.7 Å². The molecule has 14 heteroatoms. The summed E-state index contributed by atoms with van der Waals surface area (Å²) in [6.07, 6.45) is -3.41. The number of piperidine rings is 1. The molecule has 0 aliphatic carbocycles. The molecule has 2 saturated heterocycles. The van der Waals surface area contributed by atoms with Crippen LogP contribution in [0, 0.1) is 11.7 Å². The van der Waals surface area contributed by atoms with Gasteiger partial charge in [-0.2, -0.15) is 17.6 Å². The highest BCUT2D eigenvalue weighted by Crippen LogP contribution is 2.33. The number of hydrogen-bond donors (Lipinski definition) is 2. The number of primary amides is 1. The van der Waals surface area contributed by atoms with E-state index in [2.05, 4.69) is 20.3 Å². The van der Waals surface area contributed by atoms with E-state index in [0.29, 0.717) is 13.0 Å². The maximum atomic E-state index is 15.4. The second-order valence-electron chi connectivity index (χ2n) is 8.76. The van der Waals surface area contributed by atoms with Gasteiger partial charge >= 0.3 is 6.18 Å². The van der Waals surface area contributed by atoms with Gasteiger partial charge in [0.1, 0.15) is 12.5 Å². The summed E-state index contributed by atoms with van der Waals surface area (Å²) in [5.41, 5.74) is 4.56. The molecule has 3 unspecified atom stereocenters. The number of hydrogen-bond acceptors (Lipinski definition) is 8. The fourth-order valence-electron chi connectivity index (χ4n) is 4.39. The Kier molecular flexibility index (Phi) is 7.83. The van der Waals surface area contributed by atoms with Crippen molar-refractivity contribution in [3.8, 4) is 0 Å². The molecular formula is C22H26F5N7O2. The van der Waals surface area contributed by atoms with Crippen LogP contribution in [0.4, 0.5) is 33.6 Å². The van der Waals surface area contributed by atoms with E-state index in [1.807, 2.05) is 0 Å². The van der Waals surface area contributed by atoms with Gasteiger partial charge in [0.05, 0.1) is 37.1 Å². The molecule has 0 saturated carbocycles. The Morgan fingerprint density at radius 1 is 1.22 bits per heavy atom. The molecule has 1 amide bonds. The van der Waals surface area contributed by atoms with E-state index in [1.165, 1.54) is 6.07 Å². The van der Waals surface area contributed by atoms with E-state index in [9.17, 15) is 22.4 Å². The zero-order valence-corrected chi connectivity index (χ0v) is 19.2. The molecule has 2 aromatic rings. The number of alkyl halides is 4. The first-order valence-corrected chi connectivity index (χ1v) is 11.4. The molecule has 3 N–H and O–H groups in total. The number of amides is 1. The summed E-state index contributed by atoms with van der Waals surface area (Å²) < 4.78 is 74.2. The Labute approximate surface area is 203 Å². The van der Waals surface area contributed by atoms with Crippen LogP contribution in [0.25, 0.3) is 0 Å². The second kappa shape index (κ2) is 10.9. The van der Waals surface area contributed by atoms with Gasteiger partial charge < -0.3 is 20.7 Å². The lowest BCUT2D eigenvalue weighted by Crippen LogP contribution is -2.46. The van der Waals surface area contributed by atoms with Crippen LogP contribution in [0.2, 0.25) is 0 Å². The van der Waals surface area contributed by atoms with E-state index < -0.39 is 41.6 Å². The Morgan fingerprint density at radius 3 is 2.69 bits per heavy atom. The number of nitrogens with one attached hydrogen (secondary N) is 1. The lowest BCUT2D eigenvalue weighted by Gasteiger charge is -2.36. The Hall–Kier alpha value is -3.13. The number of likely N-dealkylation sites (tertiary alicyclic amines) is 1. The Balaban J connectivity index is 1.46. The molecule has 0 radical (unpaired) electrons. The number of nitrogens with zero attached hydrogens (tertiary/aromatic N) is 5. The van der Waals surface area contributed by atoms with E-state index in [1.54, 1.807) is 9.80 Å². The zero-order valence-electron chi connectivity index (χ0n) is 19.2. The minimum atomic E-state index is -4.52. The average Bonchev–Trinajstić information content (AvgIpc) is 2.83. The van der Waals surface area contributed by atoms with Crippen LogP contribution in [0.5, 0.6) is 0 Å². The monoisotopic (exact) mass is 515 g/mol. The molecule has 0 aromatic carbocycles. The van der Waals surface area contributed by atoms with E-state index >= 15 is 4.39 Å². The number of aromatic nitrogens is 3. The fraction of sp³-hybridized carbons (Fsp3) is 0.545. The highest BCUT2D eigenvalue weighted by molar-refractivity contribution is 5.75. The summed E-state index contributed by atoms with van der Waals surface area (Å²) in [7, 11) is 0. The quantitative estimate of drug-likeness (QED) is 0.540. The van der Waals surface area contributed by atoms with E-state index in [4.69, 9.17) is 10.5 Å². The highest BCUT2D eigenvalue weighted by Gasteiger charge is 2.34. The summed E-state index contributed by atoms with van der Waals surface area (Å²) in [6.45, 7) is 1.22. The van der Waals surface area contributed by atoms with E-state index in [0.717, 1.165) is 18.6 Å². The van der Waals surface area contributed by atoms with Crippen LogP contribution in [0.15, 0.2) is 24.7 Å². The number of pyridine rings is 1. The summed E-state index contributed by atoms with van der Waals surface area (Å²) in [5, 5.41) is 2.85. The number of halogens is 5. The number of ether oxygens (including phenoxy) is 1. The molecule has 4 heterocycles. The van der Waals surface area contributed by atoms with Gasteiger partial charge in [-0.25, -0.2) is 14.4 Å². The van der Waals surface area contributed by atoms with Gasteiger partial charge in [0.2, 0.25) is 11.7 Å². The SMILES string of the molecule is NC(=O)CN1CCC(CNc2ncnc(N3CCOCC3c3ccc(C(F)(F)F)cn3)c2F)C(F)C1. The molecule has 2 aliphatic rings. The molecule has 2 aromatic heterocycles. The minimum Gasteiger partial charge on any atom is -0.377 e. The predicted octanol–water partition coefficient (Wildman–Crippen LogP) is 2.16. The molecule has 36 heavy (non-hydrogen) atoms. The molecule has 0 bridgehead atoms. The zero-order chi connectivity index (χ0) is 25.9. The second-order valence-corrected chi connectivity index (χ2v) is 8.76. The van der Waals surface area contributed by atoms with Crippen LogP contribution in [0.1, 0.15) is 23.7 Å². The summed E-state index contributed by atoms with van der Waals surface area (Å²) >= 11 is 0. The number of anilines is 2. The fourth-order valence-corrected chi connectivity index (χ4v) is 4.39. The highest BCUT2D eigenvalue weighted by atomic mass is 19.4. The average molecular weight is 515 g/mol. The lowest BCUT2D eigenvalue weighted by molar-refractivity contribution is -0.137. The van der Waals surface area contributed by atoms with Crippen LogP contribution in [-0.2, 0) is 15.7 Å². The van der Waals surface area contributed by atoms with E-state index in [-0.39, 0.29) is 56.7 Å². The van der Waals surface area contributed by atoms with Gasteiger partial charge in [0, 0.05) is 31.7 Å². The largest absolute Gasteiger partial charge is 0.417 e. The Bertz CT molecular complexity index is 1060. The van der Waals surface area contributed by atoms with Crippen molar-refractivity contribution in [3.05, 3.63) is 41.7 Å². The first kappa shape index (κ1) is 25.9. The standard InChI is InChI=1S/C22H26F5N7O2/c23-15-9-33(10-18(28)35)4-3-13(15)7-30-20-19(24)21(32-12-31-20)34-5-6-36-11-17(34)16-2-1-14(8-29-16)22(25,26)27/h1-2,8,12-13,15,17H,3-7,9-11H2,(H2,28,35)(H,30,31,32). The smallest absolute Gasteiger partial charge is 0.377 e. The number of rotatable bonds is 7. The topological polar surface area (TPSA) is 110 Å². The van der Waals surface area contributed by atoms with Gasteiger partial charge in [-0.05, 0) is 25.1 Å². The number of nitrogens with two attached hydrogens (primary N) is 1. The van der Waals surface area contributed by atoms with Crippen molar-refractivity contribution in [1.82, 2.24) is 19.9 Å². The van der Waals surface area contributed by atoms with Crippen molar-refractivity contribution in [2.75, 3.05) is 56.2 Å². The van der Waals surface area contributed by atoms with Crippen molar-refractivity contribution in [2.45, 2.75) is 24.8 Å². The molecule has 196 valence electrons. The maximum Gasteiger partial charge on any atom is 0.417 e. The summed E-state index contributed by atoms with van der Waals surface area (Å²) in [4.78, 5) is 26.2. The van der Waals surface area contributed by atoms with Gasteiger partial charge in [0.25, 0.3) is 0 Å². The number of carbonyl (C=O) groups excluding carboxylic acids is 1. The molecular weight excluding hydrogens is 489 g/mol. The first-order valence-electron chi connectivity index (χ1n) is 11.4. The first-order chi connectivity index (χ1) is 17.1. The number of morpholine rings is 1. The van der Waals surface area contributed by atoms with Gasteiger partial charge in [0.15, 0.2) is 11.6 Å². The van der Waals surface area contributed by atoms with Crippen molar-refractivity contribution in [3.63, 3.8) is 0 Å². The normalized spacial score (nSPS) is 23.5. The molecule has 2 fully saturated rings. The number of carbonyl (C=O) groups is 1. The van der Waals surface area contributed by atoms with Crippen LogP contribution >= 0.6 is 0 Å². The molecule has 2 aliphatic heterocycles. The summed E-state index contributed by atoms with van der Waals surface area (Å²) in [5.74, 6) is -1.88. The molecule has 9 nitrogen and oxygen atoms in total. The maximum absolute atomic E-state index is 15.4. The molecule has 0 spiro atoms. The lowest BCUT2D eigenvalue weighted by atomic mass is 9.95. The van der Waals surface area contributed by atoms with Crippen LogP contribution in [0.3, 0.4) is 0 Å². The summed E-state index contributed by atoms with van der Waals surface area (Å²) in [6, 6.07) is 1.49. The minimum absolute atomic E-state index is 0.0149. The third-order valence-corrected chi connectivity index (χ3v) is 6.30. The van der Waals surface area contributed by atoms with Crippen molar-refractivity contribution in [1.29, 1.82) is 0 Å². The predicted molar refractivity (Wildman–Crippen MR) is 119 cm³/mol. The molecule has 3 atom stereocenters. The van der Waals surface area contributed by atoms with Crippen LogP contribution in [-0.4, -0.2) is 77.9 Å². The van der Waals surface area contributed by atoms with Crippen molar-refractivity contribution >= 4 is 17.5 Å². The van der Waals surface area contributed by atoms with Gasteiger partial charge in [-0.1, -0.05) is 0 Å². The molecule has 4 rings (SSSR count). The van der Waals surface area contributed by atoms with Gasteiger partial charge in [-0.3, -0.25) is 14.7 Å². The third-order valence-electron chi connectivity index (χ3n) is 6.30. The van der Waals surface area contributed by atoms with Crippen molar-refractivity contribution < 1.29 is 31.5 Å². The van der Waals surface area contributed by atoms with Crippen LogP contribution < -0.4 is 16.0 Å². The third kappa shape index (κ3) is 5.98.